The van der Waals surface area contributed by atoms with Crippen LogP contribution in [0.4, 0.5) is 4.79 Å². The molecule has 0 unspecified atom stereocenters. The topological polar surface area (TPSA) is 119 Å². The van der Waals surface area contributed by atoms with E-state index in [4.69, 9.17) is 26.8 Å². The molecule has 31 heavy (non-hydrogen) atoms. The molecule has 2 saturated heterocycles. The number of methoxy groups -OCH3 is 1. The number of ether oxygens (including phenoxy) is 2. The average Bonchev–Trinajstić information content (AvgIpc) is 3.00. The number of carbonyl (C=O) groups is 4. The molecule has 0 spiro atoms. The van der Waals surface area contributed by atoms with Crippen LogP contribution in [0.3, 0.4) is 0 Å². The fourth-order valence-corrected chi connectivity index (χ4v) is 4.38. The van der Waals surface area contributed by atoms with Crippen LogP contribution in [0.1, 0.15) is 24.8 Å². The summed E-state index contributed by atoms with van der Waals surface area (Å²) in [4.78, 5) is 51.3. The first kappa shape index (κ1) is 23.0. The number of imide groups is 1. The molecule has 9 nitrogen and oxygen atoms in total. The lowest BCUT2D eigenvalue weighted by Crippen LogP contribution is -2.44. The van der Waals surface area contributed by atoms with Crippen molar-refractivity contribution in [3.05, 3.63) is 27.6 Å². The maximum atomic E-state index is 12.7. The second-order valence-corrected chi connectivity index (χ2v) is 8.40. The highest BCUT2D eigenvalue weighted by molar-refractivity contribution is 8.18. The molecule has 0 aliphatic carbocycles. The zero-order chi connectivity index (χ0) is 22.5. The zero-order valence-electron chi connectivity index (χ0n) is 16.9. The monoisotopic (exact) mass is 467 g/mol. The summed E-state index contributed by atoms with van der Waals surface area (Å²) in [6, 6.07) is 3.06. The highest BCUT2D eigenvalue weighted by Crippen LogP contribution is 2.39. The third-order valence-corrected chi connectivity index (χ3v) is 5.97. The quantitative estimate of drug-likeness (QED) is 0.611. The molecule has 4 amide bonds. The number of carbonyl (C=O) groups excluding carboxylic acids is 4. The van der Waals surface area contributed by atoms with E-state index in [2.05, 4.69) is 0 Å². The van der Waals surface area contributed by atoms with Crippen LogP contribution in [0.2, 0.25) is 5.02 Å². The van der Waals surface area contributed by atoms with E-state index in [0.717, 1.165) is 35.9 Å². The molecule has 1 aromatic carbocycles. The van der Waals surface area contributed by atoms with Crippen LogP contribution >= 0.6 is 23.4 Å². The van der Waals surface area contributed by atoms with E-state index in [-0.39, 0.29) is 40.5 Å². The number of benzene rings is 1. The van der Waals surface area contributed by atoms with Crippen molar-refractivity contribution in [1.82, 2.24) is 9.80 Å². The number of hydrogen-bond acceptors (Lipinski definition) is 7. The van der Waals surface area contributed by atoms with E-state index in [1.54, 1.807) is 11.0 Å². The van der Waals surface area contributed by atoms with E-state index < -0.39 is 17.1 Å². The zero-order valence-corrected chi connectivity index (χ0v) is 18.5. The van der Waals surface area contributed by atoms with Gasteiger partial charge in [-0.05, 0) is 54.8 Å². The summed E-state index contributed by atoms with van der Waals surface area (Å²) in [6.45, 7) is 0.645. The van der Waals surface area contributed by atoms with Gasteiger partial charge in [0, 0.05) is 13.1 Å². The summed E-state index contributed by atoms with van der Waals surface area (Å²) in [7, 11) is 1.40. The molecule has 0 radical (unpaired) electrons. The molecular weight excluding hydrogens is 446 g/mol. The Labute approximate surface area is 188 Å². The van der Waals surface area contributed by atoms with Crippen LogP contribution in [-0.4, -0.2) is 66.1 Å². The van der Waals surface area contributed by atoms with Gasteiger partial charge >= 0.3 is 0 Å². The van der Waals surface area contributed by atoms with Gasteiger partial charge in [0.15, 0.2) is 18.1 Å². The third kappa shape index (κ3) is 5.50. The number of hydrogen-bond donors (Lipinski definition) is 1. The van der Waals surface area contributed by atoms with Crippen molar-refractivity contribution in [2.75, 3.05) is 33.4 Å². The summed E-state index contributed by atoms with van der Waals surface area (Å²) in [6.07, 6.45) is 4.42. The Balaban J connectivity index is 1.76. The van der Waals surface area contributed by atoms with Crippen molar-refractivity contribution in [1.29, 1.82) is 0 Å². The van der Waals surface area contributed by atoms with Gasteiger partial charge in [0.2, 0.25) is 5.91 Å². The average molecular weight is 468 g/mol. The summed E-state index contributed by atoms with van der Waals surface area (Å²) in [5.41, 5.74) is 5.57. The van der Waals surface area contributed by atoms with Crippen LogP contribution in [0, 0.1) is 0 Å². The van der Waals surface area contributed by atoms with Crippen molar-refractivity contribution < 1.29 is 28.7 Å². The van der Waals surface area contributed by atoms with Gasteiger partial charge in [-0.2, -0.15) is 0 Å². The van der Waals surface area contributed by atoms with Gasteiger partial charge in [0.1, 0.15) is 6.54 Å². The minimum atomic E-state index is -0.671. The van der Waals surface area contributed by atoms with Gasteiger partial charge in [-0.1, -0.05) is 11.6 Å². The second-order valence-electron chi connectivity index (χ2n) is 7.00. The molecule has 1 aromatic rings. The second kappa shape index (κ2) is 10.1. The number of primary amides is 1. The Morgan fingerprint density at radius 2 is 1.94 bits per heavy atom. The van der Waals surface area contributed by atoms with Gasteiger partial charge in [-0.25, -0.2) is 0 Å². The Morgan fingerprint density at radius 1 is 1.23 bits per heavy atom. The maximum Gasteiger partial charge on any atom is 0.294 e. The normalized spacial score (nSPS) is 17.9. The first-order chi connectivity index (χ1) is 14.8. The van der Waals surface area contributed by atoms with E-state index >= 15 is 0 Å². The number of piperidine rings is 1. The summed E-state index contributed by atoms with van der Waals surface area (Å²) < 4.78 is 10.5. The molecule has 0 aromatic heterocycles. The lowest BCUT2D eigenvalue weighted by atomic mass is 10.1. The molecule has 2 aliphatic rings. The summed E-state index contributed by atoms with van der Waals surface area (Å²) in [5, 5.41) is -0.354. The van der Waals surface area contributed by atoms with Crippen LogP contribution in [-0.2, 0) is 14.4 Å². The van der Waals surface area contributed by atoms with Crippen LogP contribution < -0.4 is 15.2 Å². The Kier molecular flexibility index (Phi) is 7.45. The molecule has 2 N–H and O–H groups in total. The lowest BCUT2D eigenvalue weighted by Gasteiger charge is -2.27. The number of amides is 4. The molecule has 2 fully saturated rings. The molecule has 11 heteroatoms. The van der Waals surface area contributed by atoms with Gasteiger partial charge in [-0.3, -0.25) is 24.1 Å². The highest BCUT2D eigenvalue weighted by atomic mass is 35.5. The van der Waals surface area contributed by atoms with Gasteiger partial charge in [0.25, 0.3) is 17.1 Å². The number of halogens is 1. The van der Waals surface area contributed by atoms with Gasteiger partial charge < -0.3 is 20.1 Å². The molecule has 2 aliphatic heterocycles. The fourth-order valence-electron chi connectivity index (χ4n) is 3.27. The fraction of sp³-hybridized carbons (Fsp3) is 0.400. The lowest BCUT2D eigenvalue weighted by molar-refractivity contribution is -0.136. The van der Waals surface area contributed by atoms with E-state index in [0.29, 0.717) is 18.7 Å². The first-order valence-electron chi connectivity index (χ1n) is 9.62. The van der Waals surface area contributed by atoms with Crippen LogP contribution in [0.5, 0.6) is 11.5 Å². The minimum absolute atomic E-state index is 0.139. The largest absolute Gasteiger partial charge is 0.493 e. The standard InChI is InChI=1S/C20H22ClN3O6S/c1-29-14-8-12(7-13(21)18(14)30-11-16(22)25)9-15-19(27)24(20(28)31-15)10-17(26)23-5-3-2-4-6-23/h7-9H,2-6,10-11H2,1H3,(H2,22,25)/b15-9-. The minimum Gasteiger partial charge on any atom is -0.493 e. The Bertz CT molecular complexity index is 945. The summed E-state index contributed by atoms with van der Waals surface area (Å²) in [5.74, 6) is -1.07. The van der Waals surface area contributed by atoms with E-state index in [9.17, 15) is 19.2 Å². The Hall–Kier alpha value is -2.72. The maximum absolute atomic E-state index is 12.7. The Morgan fingerprint density at radius 3 is 2.58 bits per heavy atom. The van der Waals surface area contributed by atoms with Crippen LogP contribution in [0.25, 0.3) is 6.08 Å². The van der Waals surface area contributed by atoms with Crippen molar-refractivity contribution in [3.8, 4) is 11.5 Å². The number of rotatable bonds is 7. The van der Waals surface area contributed by atoms with E-state index in [1.165, 1.54) is 19.3 Å². The van der Waals surface area contributed by atoms with E-state index in [1.807, 2.05) is 0 Å². The molecule has 0 atom stereocenters. The predicted molar refractivity (Wildman–Crippen MR) is 116 cm³/mol. The molecular formula is C20H22ClN3O6S. The molecule has 3 rings (SSSR count). The SMILES string of the molecule is COc1cc(/C=C2\SC(=O)N(CC(=O)N3CCCCC3)C2=O)cc(Cl)c1OCC(N)=O. The summed E-state index contributed by atoms with van der Waals surface area (Å²) >= 11 is 6.98. The molecule has 166 valence electrons. The number of likely N-dealkylation sites (tertiary alicyclic amines) is 1. The molecule has 2 heterocycles. The molecule has 0 bridgehead atoms. The highest BCUT2D eigenvalue weighted by Gasteiger charge is 2.37. The van der Waals surface area contributed by atoms with Crippen molar-refractivity contribution >= 4 is 52.4 Å². The number of nitrogens with zero attached hydrogens (tertiary/aromatic N) is 2. The van der Waals surface area contributed by atoms with Crippen molar-refractivity contribution in [3.63, 3.8) is 0 Å². The van der Waals surface area contributed by atoms with Crippen molar-refractivity contribution in [2.45, 2.75) is 19.3 Å². The number of thioether (sulfide) groups is 1. The predicted octanol–water partition coefficient (Wildman–Crippen LogP) is 2.26. The van der Waals surface area contributed by atoms with Gasteiger partial charge in [-0.15, -0.1) is 0 Å². The van der Waals surface area contributed by atoms with Crippen LogP contribution in [0.15, 0.2) is 17.0 Å². The smallest absolute Gasteiger partial charge is 0.294 e. The first-order valence-corrected chi connectivity index (χ1v) is 10.8. The van der Waals surface area contributed by atoms with Crippen molar-refractivity contribution in [2.24, 2.45) is 5.73 Å². The number of nitrogens with two attached hydrogens (primary N) is 1. The molecule has 0 saturated carbocycles. The van der Waals surface area contributed by atoms with Gasteiger partial charge in [0.05, 0.1) is 17.0 Å². The third-order valence-electron chi connectivity index (χ3n) is 4.78.